The molecule has 0 unspecified atom stereocenters. The lowest BCUT2D eigenvalue weighted by atomic mass is 9.95. The predicted octanol–water partition coefficient (Wildman–Crippen LogP) is 4.42. The Morgan fingerprint density at radius 2 is 1.83 bits per heavy atom. The Morgan fingerprint density at radius 1 is 1.03 bits per heavy atom. The van der Waals surface area contributed by atoms with E-state index < -0.39 is 0 Å². The minimum Gasteiger partial charge on any atom is -0.349 e. The monoisotopic (exact) mass is 420 g/mol. The number of hydrogen-bond acceptors (Lipinski definition) is 3. The van der Waals surface area contributed by atoms with Gasteiger partial charge in [-0.15, -0.1) is 11.8 Å². The van der Waals surface area contributed by atoms with Crippen LogP contribution in [0.1, 0.15) is 52.5 Å². The lowest BCUT2D eigenvalue weighted by molar-refractivity contribution is -0.128. The van der Waals surface area contributed by atoms with Gasteiger partial charge in [-0.25, -0.2) is 0 Å². The summed E-state index contributed by atoms with van der Waals surface area (Å²) in [5, 5.41) is 3.29. The summed E-state index contributed by atoms with van der Waals surface area (Å²) in [6.07, 6.45) is 5.89. The number of fused-ring (bicyclic) bond motifs is 2. The number of hydrogen-bond donors (Lipinski definition) is 1. The maximum Gasteiger partial charge on any atom is 0.251 e. The normalized spacial score (nSPS) is 27.6. The molecule has 3 fully saturated rings. The molecule has 1 saturated heterocycles. The summed E-state index contributed by atoms with van der Waals surface area (Å²) < 4.78 is 0. The van der Waals surface area contributed by atoms with Crippen LogP contribution in [0.5, 0.6) is 0 Å². The average molecular weight is 421 g/mol. The van der Waals surface area contributed by atoms with Crippen molar-refractivity contribution in [1.82, 2.24) is 10.2 Å². The first-order chi connectivity index (χ1) is 14.7. The van der Waals surface area contributed by atoms with Gasteiger partial charge < -0.3 is 10.2 Å². The Balaban J connectivity index is 1.22. The van der Waals surface area contributed by atoms with E-state index in [0.717, 1.165) is 24.3 Å². The Kier molecular flexibility index (Phi) is 5.55. The van der Waals surface area contributed by atoms with Crippen LogP contribution in [-0.2, 0) is 11.2 Å². The number of nitrogens with one attached hydrogen (secondary N) is 1. The van der Waals surface area contributed by atoms with Crippen LogP contribution in [0.15, 0.2) is 54.6 Å². The highest BCUT2D eigenvalue weighted by atomic mass is 32.2. The molecule has 156 valence electrons. The van der Waals surface area contributed by atoms with Gasteiger partial charge in [0.25, 0.3) is 5.91 Å². The quantitative estimate of drug-likeness (QED) is 0.753. The van der Waals surface area contributed by atoms with Crippen LogP contribution in [0.2, 0.25) is 0 Å². The van der Waals surface area contributed by atoms with Crippen molar-refractivity contribution in [2.75, 3.05) is 12.3 Å². The van der Waals surface area contributed by atoms with Gasteiger partial charge in [-0.1, -0.05) is 48.9 Å². The van der Waals surface area contributed by atoms with E-state index in [9.17, 15) is 9.59 Å². The van der Waals surface area contributed by atoms with Gasteiger partial charge in [0, 0.05) is 18.2 Å². The zero-order chi connectivity index (χ0) is 20.5. The van der Waals surface area contributed by atoms with Crippen molar-refractivity contribution in [2.45, 2.75) is 43.5 Å². The van der Waals surface area contributed by atoms with E-state index >= 15 is 0 Å². The Bertz CT molecular complexity index is 915. The second-order valence-electron chi connectivity index (χ2n) is 8.86. The molecule has 2 bridgehead atoms. The lowest BCUT2D eigenvalue weighted by Crippen LogP contribution is -2.38. The molecule has 3 aliphatic rings. The van der Waals surface area contributed by atoms with Crippen molar-refractivity contribution in [3.8, 4) is 0 Å². The molecular formula is C25H28N2O2S. The fraction of sp³-hybridized carbons (Fsp3) is 0.440. The van der Waals surface area contributed by atoms with E-state index in [1.807, 2.05) is 47.4 Å². The van der Waals surface area contributed by atoms with E-state index in [-0.39, 0.29) is 17.2 Å². The molecule has 2 aliphatic carbocycles. The average Bonchev–Trinajstić information content (AvgIpc) is 3.49. The van der Waals surface area contributed by atoms with E-state index in [2.05, 4.69) is 17.4 Å². The predicted molar refractivity (Wildman–Crippen MR) is 120 cm³/mol. The summed E-state index contributed by atoms with van der Waals surface area (Å²) in [7, 11) is 0. The first-order valence-corrected chi connectivity index (χ1v) is 12.1. The zero-order valence-corrected chi connectivity index (χ0v) is 17.9. The van der Waals surface area contributed by atoms with Crippen LogP contribution in [0.25, 0.3) is 0 Å². The summed E-state index contributed by atoms with van der Waals surface area (Å²) in [5.41, 5.74) is 3.05. The molecule has 4 atom stereocenters. The summed E-state index contributed by atoms with van der Waals surface area (Å²) in [6, 6.07) is 18.5. The van der Waals surface area contributed by atoms with Crippen molar-refractivity contribution in [3.05, 3.63) is 71.3 Å². The molecular weight excluding hydrogens is 392 g/mol. The minimum absolute atomic E-state index is 0.0314. The number of thioether (sulfide) groups is 1. The van der Waals surface area contributed by atoms with Crippen molar-refractivity contribution < 1.29 is 9.59 Å². The molecule has 5 rings (SSSR count). The summed E-state index contributed by atoms with van der Waals surface area (Å²) >= 11 is 1.67. The number of rotatable bonds is 6. The van der Waals surface area contributed by atoms with Crippen LogP contribution in [0.4, 0.5) is 0 Å². The van der Waals surface area contributed by atoms with E-state index in [0.29, 0.717) is 29.8 Å². The third-order valence-corrected chi connectivity index (χ3v) is 8.22. The van der Waals surface area contributed by atoms with Crippen LogP contribution in [0.3, 0.4) is 0 Å². The van der Waals surface area contributed by atoms with Gasteiger partial charge in [0.05, 0.1) is 5.75 Å². The molecule has 1 aliphatic heterocycles. The fourth-order valence-corrected chi connectivity index (χ4v) is 6.56. The molecule has 2 saturated carbocycles. The molecule has 0 aromatic heterocycles. The maximum atomic E-state index is 12.7. The van der Waals surface area contributed by atoms with Gasteiger partial charge in [-0.3, -0.25) is 9.59 Å². The van der Waals surface area contributed by atoms with Crippen molar-refractivity contribution >= 4 is 23.6 Å². The zero-order valence-electron chi connectivity index (χ0n) is 17.1. The third kappa shape index (κ3) is 4.00. The van der Waals surface area contributed by atoms with Gasteiger partial charge in [0.1, 0.15) is 5.37 Å². The molecule has 4 nitrogen and oxygen atoms in total. The number of benzene rings is 2. The van der Waals surface area contributed by atoms with Gasteiger partial charge >= 0.3 is 0 Å². The molecule has 0 radical (unpaired) electrons. The van der Waals surface area contributed by atoms with E-state index in [1.54, 1.807) is 11.8 Å². The minimum atomic E-state index is 0.0314. The number of nitrogens with zero attached hydrogens (tertiary/aromatic N) is 1. The largest absolute Gasteiger partial charge is 0.349 e. The molecule has 0 spiro atoms. The van der Waals surface area contributed by atoms with Crippen LogP contribution in [0, 0.1) is 11.8 Å². The molecule has 1 heterocycles. The summed E-state index contributed by atoms with van der Waals surface area (Å²) in [4.78, 5) is 27.1. The van der Waals surface area contributed by atoms with Crippen LogP contribution < -0.4 is 5.32 Å². The highest BCUT2D eigenvalue weighted by molar-refractivity contribution is 8.00. The van der Waals surface area contributed by atoms with Crippen LogP contribution in [-0.4, -0.2) is 35.1 Å². The molecule has 1 N–H and O–H groups in total. The smallest absolute Gasteiger partial charge is 0.251 e. The van der Waals surface area contributed by atoms with Crippen molar-refractivity contribution in [2.24, 2.45) is 11.8 Å². The third-order valence-electron chi connectivity index (χ3n) is 6.96. The first-order valence-electron chi connectivity index (χ1n) is 11.0. The van der Waals surface area contributed by atoms with Crippen molar-refractivity contribution in [1.29, 1.82) is 0 Å². The van der Waals surface area contributed by atoms with E-state index in [1.165, 1.54) is 24.8 Å². The molecule has 2 amide bonds. The van der Waals surface area contributed by atoms with Gasteiger partial charge in [-0.05, 0) is 60.8 Å². The highest BCUT2D eigenvalue weighted by Crippen LogP contribution is 2.44. The SMILES string of the molecule is O=C(N[C@H]1C[C@H]2CC[C@H]1C2)c1ccc([C@H]2SCC(=O)N2CCc2ccccc2)cc1. The second-order valence-corrected chi connectivity index (χ2v) is 9.93. The standard InChI is InChI=1S/C25H28N2O2S/c28-23-16-30-25(27(23)13-12-17-4-2-1-3-5-17)20-10-8-19(9-11-20)24(29)26-22-15-18-6-7-21(22)14-18/h1-5,8-11,18,21-22,25H,6-7,12-16H2,(H,26,29)/t18-,21-,22-,25+/m0/s1. The summed E-state index contributed by atoms with van der Waals surface area (Å²) in [5.74, 6) is 2.25. The molecule has 2 aromatic rings. The second kappa shape index (κ2) is 8.46. The number of carbonyl (C=O) groups is 2. The highest BCUT2D eigenvalue weighted by Gasteiger charge is 2.40. The Morgan fingerprint density at radius 3 is 2.53 bits per heavy atom. The fourth-order valence-electron chi connectivity index (χ4n) is 5.34. The molecule has 2 aromatic carbocycles. The topological polar surface area (TPSA) is 49.4 Å². The van der Waals surface area contributed by atoms with Crippen LogP contribution >= 0.6 is 11.8 Å². The van der Waals surface area contributed by atoms with Gasteiger partial charge in [-0.2, -0.15) is 0 Å². The van der Waals surface area contributed by atoms with E-state index in [4.69, 9.17) is 0 Å². The Hall–Kier alpha value is -2.27. The maximum absolute atomic E-state index is 12.7. The number of amides is 2. The van der Waals surface area contributed by atoms with Gasteiger partial charge in [0.15, 0.2) is 0 Å². The van der Waals surface area contributed by atoms with Gasteiger partial charge in [0.2, 0.25) is 5.91 Å². The molecule has 5 heteroatoms. The van der Waals surface area contributed by atoms with Crippen molar-refractivity contribution in [3.63, 3.8) is 0 Å². The summed E-state index contributed by atoms with van der Waals surface area (Å²) in [6.45, 7) is 0.715. The Labute approximate surface area is 182 Å². The molecule has 30 heavy (non-hydrogen) atoms. The number of carbonyl (C=O) groups excluding carboxylic acids is 2. The first kappa shape index (κ1) is 19.7. The lowest BCUT2D eigenvalue weighted by Gasteiger charge is -2.25.